The summed E-state index contributed by atoms with van der Waals surface area (Å²) in [6.45, 7) is 11.8. The molecule has 2 atom stereocenters. The van der Waals surface area contributed by atoms with E-state index in [1.54, 1.807) is 11.8 Å². The molecule has 0 amide bonds. The van der Waals surface area contributed by atoms with Gasteiger partial charge in [0.1, 0.15) is 13.2 Å². The molecule has 0 aliphatic carbocycles. The van der Waals surface area contributed by atoms with Crippen molar-refractivity contribution in [1.82, 2.24) is 0 Å². The lowest BCUT2D eigenvalue weighted by Crippen LogP contribution is -2.15. The minimum Gasteiger partial charge on any atom is -0.463 e. The van der Waals surface area contributed by atoms with Crippen LogP contribution in [0.2, 0.25) is 0 Å². The highest BCUT2D eigenvalue weighted by atomic mass is 32.2. The molecule has 0 radical (unpaired) electrons. The summed E-state index contributed by atoms with van der Waals surface area (Å²) in [5.74, 6) is 2.05. The molecule has 196 valence electrons. The van der Waals surface area contributed by atoms with Crippen molar-refractivity contribution >= 4 is 23.7 Å². The predicted octanol–water partition coefficient (Wildman–Crippen LogP) is 6.05. The maximum Gasteiger partial charge on any atom is 0.306 e. The molecular formula is C26H50O6S. The second-order valence-corrected chi connectivity index (χ2v) is 9.76. The maximum absolute atomic E-state index is 11.8. The van der Waals surface area contributed by atoms with Gasteiger partial charge in [-0.1, -0.05) is 66.2 Å². The fraction of sp³-hybridized carbons (Fsp3) is 0.923. The van der Waals surface area contributed by atoms with Gasteiger partial charge in [0.2, 0.25) is 0 Å². The number of hydrogen-bond donors (Lipinski definition) is 0. The van der Waals surface area contributed by atoms with Crippen molar-refractivity contribution in [2.45, 2.75) is 91.9 Å². The Labute approximate surface area is 207 Å². The van der Waals surface area contributed by atoms with Crippen LogP contribution >= 0.6 is 11.8 Å². The Morgan fingerprint density at radius 1 is 0.667 bits per heavy atom. The third kappa shape index (κ3) is 21.5. The largest absolute Gasteiger partial charge is 0.463 e. The number of hydrogen-bond acceptors (Lipinski definition) is 7. The van der Waals surface area contributed by atoms with Crippen LogP contribution in [-0.2, 0) is 28.5 Å². The van der Waals surface area contributed by atoms with E-state index >= 15 is 0 Å². The number of ether oxygens (including phenoxy) is 4. The SMILES string of the molecule is CCCCC(CC)COCCOC(=O)CCSCCC(=O)OCCOCC(CC)CCCC. The number of carbonyl (C=O) groups is 2. The topological polar surface area (TPSA) is 71.1 Å². The van der Waals surface area contributed by atoms with E-state index < -0.39 is 0 Å². The maximum atomic E-state index is 11.8. The summed E-state index contributed by atoms with van der Waals surface area (Å²) in [4.78, 5) is 23.5. The van der Waals surface area contributed by atoms with Gasteiger partial charge in [-0.05, 0) is 24.7 Å². The monoisotopic (exact) mass is 490 g/mol. The van der Waals surface area contributed by atoms with E-state index in [2.05, 4.69) is 27.7 Å². The first kappa shape index (κ1) is 32.2. The van der Waals surface area contributed by atoms with Crippen molar-refractivity contribution in [1.29, 1.82) is 0 Å². The fourth-order valence-corrected chi connectivity index (χ4v) is 4.11. The van der Waals surface area contributed by atoms with Crippen LogP contribution in [-0.4, -0.2) is 63.1 Å². The molecule has 6 nitrogen and oxygen atoms in total. The van der Waals surface area contributed by atoms with Gasteiger partial charge in [0.15, 0.2) is 0 Å². The van der Waals surface area contributed by atoms with Gasteiger partial charge >= 0.3 is 11.9 Å². The molecule has 0 aromatic carbocycles. The fourth-order valence-electron chi connectivity index (χ4n) is 3.28. The Morgan fingerprint density at radius 3 is 1.45 bits per heavy atom. The van der Waals surface area contributed by atoms with Crippen molar-refractivity contribution in [2.75, 3.05) is 51.1 Å². The molecule has 0 aromatic rings. The van der Waals surface area contributed by atoms with Gasteiger partial charge < -0.3 is 18.9 Å². The highest BCUT2D eigenvalue weighted by molar-refractivity contribution is 7.99. The highest BCUT2D eigenvalue weighted by Gasteiger charge is 2.09. The van der Waals surface area contributed by atoms with Gasteiger partial charge in [0, 0.05) is 24.7 Å². The van der Waals surface area contributed by atoms with E-state index in [0.717, 1.165) is 26.1 Å². The van der Waals surface area contributed by atoms with Gasteiger partial charge in [0.05, 0.1) is 26.1 Å². The quantitative estimate of drug-likeness (QED) is 0.120. The second kappa shape index (κ2) is 24.3. The Hall–Kier alpha value is -0.790. The van der Waals surface area contributed by atoms with Crippen LogP contribution in [0.5, 0.6) is 0 Å². The summed E-state index contributed by atoms with van der Waals surface area (Å²) in [7, 11) is 0. The third-order valence-electron chi connectivity index (χ3n) is 5.68. The normalized spacial score (nSPS) is 13.0. The molecule has 0 aromatic heterocycles. The molecule has 0 fully saturated rings. The molecule has 0 aliphatic heterocycles. The van der Waals surface area contributed by atoms with Gasteiger partial charge in [-0.25, -0.2) is 0 Å². The van der Waals surface area contributed by atoms with E-state index in [4.69, 9.17) is 18.9 Å². The van der Waals surface area contributed by atoms with Crippen LogP contribution < -0.4 is 0 Å². The third-order valence-corrected chi connectivity index (χ3v) is 6.66. The Bertz CT molecular complexity index is 420. The Balaban J connectivity index is 3.53. The second-order valence-electron chi connectivity index (χ2n) is 8.54. The molecule has 0 bridgehead atoms. The molecule has 0 aliphatic rings. The summed E-state index contributed by atoms with van der Waals surface area (Å²) in [6.07, 6.45) is 10.2. The van der Waals surface area contributed by atoms with Crippen molar-refractivity contribution < 1.29 is 28.5 Å². The number of unbranched alkanes of at least 4 members (excludes halogenated alkanes) is 2. The van der Waals surface area contributed by atoms with Gasteiger partial charge in [-0.3, -0.25) is 9.59 Å². The van der Waals surface area contributed by atoms with E-state index in [0.29, 0.717) is 62.6 Å². The standard InChI is InChI=1S/C26H50O6S/c1-5-9-11-23(7-3)21-29-15-17-31-25(27)13-19-33-20-14-26(28)32-18-16-30-22-24(8-4)12-10-6-2/h23-24H,5-22H2,1-4H3. The lowest BCUT2D eigenvalue weighted by atomic mass is 10.0. The van der Waals surface area contributed by atoms with E-state index in [9.17, 15) is 9.59 Å². The lowest BCUT2D eigenvalue weighted by molar-refractivity contribution is -0.145. The molecule has 0 N–H and O–H groups in total. The van der Waals surface area contributed by atoms with Crippen molar-refractivity contribution in [3.8, 4) is 0 Å². The summed E-state index contributed by atoms with van der Waals surface area (Å²) < 4.78 is 21.7. The van der Waals surface area contributed by atoms with Crippen LogP contribution in [0, 0.1) is 11.8 Å². The number of rotatable bonds is 24. The zero-order valence-electron chi connectivity index (χ0n) is 21.7. The number of esters is 2. The molecule has 7 heteroatoms. The summed E-state index contributed by atoms with van der Waals surface area (Å²) in [6, 6.07) is 0. The molecule has 0 saturated heterocycles. The van der Waals surface area contributed by atoms with Crippen molar-refractivity contribution in [3.05, 3.63) is 0 Å². The Kier molecular flexibility index (Phi) is 23.8. The molecule has 0 heterocycles. The van der Waals surface area contributed by atoms with Gasteiger partial charge in [-0.2, -0.15) is 11.8 Å². The molecule has 0 saturated carbocycles. The average molecular weight is 491 g/mol. The molecule has 0 rings (SSSR count). The smallest absolute Gasteiger partial charge is 0.306 e. The zero-order valence-corrected chi connectivity index (χ0v) is 22.6. The minimum absolute atomic E-state index is 0.215. The first-order valence-corrected chi connectivity index (χ1v) is 14.3. The molecule has 33 heavy (non-hydrogen) atoms. The number of thioether (sulfide) groups is 1. The zero-order chi connectivity index (χ0) is 24.6. The van der Waals surface area contributed by atoms with Gasteiger partial charge in [-0.15, -0.1) is 0 Å². The van der Waals surface area contributed by atoms with E-state index in [-0.39, 0.29) is 11.9 Å². The average Bonchev–Trinajstić information content (AvgIpc) is 2.82. The first-order valence-electron chi connectivity index (χ1n) is 13.1. The Morgan fingerprint density at radius 2 is 1.09 bits per heavy atom. The summed E-state index contributed by atoms with van der Waals surface area (Å²) >= 11 is 1.56. The summed E-state index contributed by atoms with van der Waals surface area (Å²) in [5.41, 5.74) is 0. The lowest BCUT2D eigenvalue weighted by Gasteiger charge is -2.14. The number of carbonyl (C=O) groups excluding carboxylic acids is 2. The van der Waals surface area contributed by atoms with Crippen LogP contribution in [0.15, 0.2) is 0 Å². The van der Waals surface area contributed by atoms with Crippen molar-refractivity contribution in [2.24, 2.45) is 11.8 Å². The van der Waals surface area contributed by atoms with Gasteiger partial charge in [0.25, 0.3) is 0 Å². The highest BCUT2D eigenvalue weighted by Crippen LogP contribution is 2.13. The van der Waals surface area contributed by atoms with Crippen LogP contribution in [0.25, 0.3) is 0 Å². The van der Waals surface area contributed by atoms with Crippen LogP contribution in [0.3, 0.4) is 0 Å². The predicted molar refractivity (Wildman–Crippen MR) is 137 cm³/mol. The molecular weight excluding hydrogens is 440 g/mol. The molecule has 2 unspecified atom stereocenters. The first-order chi connectivity index (χ1) is 16.1. The van der Waals surface area contributed by atoms with Crippen molar-refractivity contribution in [3.63, 3.8) is 0 Å². The van der Waals surface area contributed by atoms with Crippen LogP contribution in [0.1, 0.15) is 91.9 Å². The summed E-state index contributed by atoms with van der Waals surface area (Å²) in [5, 5.41) is 0. The van der Waals surface area contributed by atoms with E-state index in [1.165, 1.54) is 38.5 Å². The van der Waals surface area contributed by atoms with Crippen LogP contribution in [0.4, 0.5) is 0 Å². The van der Waals surface area contributed by atoms with E-state index in [1.807, 2.05) is 0 Å². The molecule has 0 spiro atoms. The minimum atomic E-state index is -0.215.